The lowest BCUT2D eigenvalue weighted by molar-refractivity contribution is 0.391. The molecule has 1 aliphatic rings. The van der Waals surface area contributed by atoms with Crippen molar-refractivity contribution in [3.8, 4) is 11.3 Å². The quantitative estimate of drug-likeness (QED) is 0.739. The zero-order valence-corrected chi connectivity index (χ0v) is 16.6. The number of hydrogen-bond acceptors (Lipinski definition) is 4. The van der Waals surface area contributed by atoms with Crippen molar-refractivity contribution < 1.29 is 8.42 Å². The molecule has 0 unspecified atom stereocenters. The zero-order valence-electron chi connectivity index (χ0n) is 15.8. The van der Waals surface area contributed by atoms with Crippen LogP contribution in [0, 0.1) is 13.8 Å². The lowest BCUT2D eigenvalue weighted by atomic mass is 10.0. The van der Waals surface area contributed by atoms with Gasteiger partial charge in [0, 0.05) is 24.7 Å². The highest BCUT2D eigenvalue weighted by molar-refractivity contribution is 7.89. The molecule has 28 heavy (non-hydrogen) atoms. The van der Waals surface area contributed by atoms with Crippen LogP contribution in [0.15, 0.2) is 58.2 Å². The molecule has 0 amide bonds. The third-order valence-electron chi connectivity index (χ3n) is 5.31. The van der Waals surface area contributed by atoms with Crippen LogP contribution >= 0.6 is 0 Å². The Balaban J connectivity index is 1.77. The molecule has 0 bridgehead atoms. The van der Waals surface area contributed by atoms with Gasteiger partial charge in [-0.15, -0.1) is 0 Å². The van der Waals surface area contributed by atoms with Gasteiger partial charge in [0.1, 0.15) is 0 Å². The third-order valence-corrected chi connectivity index (χ3v) is 7.28. The fourth-order valence-electron chi connectivity index (χ4n) is 3.56. The van der Waals surface area contributed by atoms with Crippen molar-refractivity contribution in [1.29, 1.82) is 0 Å². The first kappa shape index (κ1) is 18.6. The van der Waals surface area contributed by atoms with Crippen LogP contribution in [0.4, 0.5) is 0 Å². The first-order valence-corrected chi connectivity index (χ1v) is 10.5. The number of aromatic nitrogens is 2. The van der Waals surface area contributed by atoms with Crippen LogP contribution in [0.3, 0.4) is 0 Å². The standard InChI is InChI=1S/C21H21N3O3S/c1-14-11-18(19-7-8-21(25)23-22-19)12-20(15(14)2)28(26,27)24-10-9-16-5-3-4-6-17(16)13-24/h3-8,11-12H,9-10,13H2,1-2H3,(H,23,25). The van der Waals surface area contributed by atoms with Gasteiger partial charge in [0.25, 0.3) is 5.56 Å². The molecule has 0 saturated heterocycles. The minimum atomic E-state index is -3.66. The number of nitrogens with zero attached hydrogens (tertiary/aromatic N) is 2. The highest BCUT2D eigenvalue weighted by Gasteiger charge is 2.30. The Bertz CT molecular complexity index is 1200. The van der Waals surface area contributed by atoms with Gasteiger partial charge in [0.05, 0.1) is 10.6 Å². The van der Waals surface area contributed by atoms with Gasteiger partial charge in [0.15, 0.2) is 0 Å². The van der Waals surface area contributed by atoms with Crippen LogP contribution in [0.1, 0.15) is 22.3 Å². The first-order chi connectivity index (χ1) is 13.4. The molecule has 0 fully saturated rings. The Hall–Kier alpha value is -2.77. The predicted octanol–water partition coefficient (Wildman–Crippen LogP) is 2.80. The van der Waals surface area contributed by atoms with Crippen molar-refractivity contribution >= 4 is 10.0 Å². The third kappa shape index (κ3) is 3.27. The molecule has 0 atom stereocenters. The van der Waals surface area contributed by atoms with Gasteiger partial charge < -0.3 is 0 Å². The van der Waals surface area contributed by atoms with Crippen LogP contribution < -0.4 is 5.56 Å². The summed E-state index contributed by atoms with van der Waals surface area (Å²) in [5.41, 5.74) is 4.73. The Kier molecular flexibility index (Phi) is 4.64. The van der Waals surface area contributed by atoms with E-state index in [2.05, 4.69) is 16.3 Å². The van der Waals surface area contributed by atoms with Gasteiger partial charge in [-0.05, 0) is 60.7 Å². The molecule has 0 aliphatic carbocycles. The van der Waals surface area contributed by atoms with E-state index < -0.39 is 10.0 Å². The van der Waals surface area contributed by atoms with E-state index in [4.69, 9.17) is 0 Å². The van der Waals surface area contributed by atoms with Gasteiger partial charge in [-0.3, -0.25) is 4.79 Å². The fourth-order valence-corrected chi connectivity index (χ4v) is 5.30. The molecule has 1 aromatic heterocycles. The number of hydrogen-bond donors (Lipinski definition) is 1. The van der Waals surface area contributed by atoms with Gasteiger partial charge in [-0.25, -0.2) is 13.5 Å². The molecule has 6 nitrogen and oxygen atoms in total. The largest absolute Gasteiger partial charge is 0.268 e. The minimum absolute atomic E-state index is 0.287. The number of nitrogens with one attached hydrogen (secondary N) is 1. The van der Waals surface area contributed by atoms with Crippen molar-refractivity contribution in [2.75, 3.05) is 6.54 Å². The topological polar surface area (TPSA) is 83.1 Å². The summed E-state index contributed by atoms with van der Waals surface area (Å²) in [4.78, 5) is 11.6. The average molecular weight is 395 g/mol. The maximum absolute atomic E-state index is 13.5. The summed E-state index contributed by atoms with van der Waals surface area (Å²) < 4.78 is 28.5. The molecule has 0 radical (unpaired) electrons. The van der Waals surface area contributed by atoms with Crippen LogP contribution in [0.5, 0.6) is 0 Å². The van der Waals surface area contributed by atoms with Gasteiger partial charge in [0.2, 0.25) is 10.0 Å². The van der Waals surface area contributed by atoms with E-state index >= 15 is 0 Å². The van der Waals surface area contributed by atoms with Gasteiger partial charge in [-0.1, -0.05) is 24.3 Å². The van der Waals surface area contributed by atoms with Crippen LogP contribution in [-0.4, -0.2) is 29.5 Å². The number of benzene rings is 2. The van der Waals surface area contributed by atoms with E-state index in [-0.39, 0.29) is 10.5 Å². The fraction of sp³-hybridized carbons (Fsp3) is 0.238. The molecule has 1 aliphatic heterocycles. The predicted molar refractivity (Wildman–Crippen MR) is 108 cm³/mol. The van der Waals surface area contributed by atoms with E-state index in [1.54, 1.807) is 16.4 Å². The maximum Gasteiger partial charge on any atom is 0.264 e. The summed E-state index contributed by atoms with van der Waals surface area (Å²) in [6.07, 6.45) is 0.703. The number of aromatic amines is 1. The van der Waals surface area contributed by atoms with Crippen molar-refractivity contribution in [3.63, 3.8) is 0 Å². The number of aryl methyl sites for hydroxylation is 1. The van der Waals surface area contributed by atoms with Crippen LogP contribution in [0.25, 0.3) is 11.3 Å². The number of fused-ring (bicyclic) bond motifs is 1. The lowest BCUT2D eigenvalue weighted by Crippen LogP contribution is -2.36. The molecule has 2 heterocycles. The van der Waals surface area contributed by atoms with E-state index in [0.29, 0.717) is 30.8 Å². The summed E-state index contributed by atoms with van der Waals surface area (Å²) in [6, 6.07) is 14.5. The average Bonchev–Trinajstić information content (AvgIpc) is 2.70. The Morgan fingerprint density at radius 2 is 1.79 bits per heavy atom. The van der Waals surface area contributed by atoms with Gasteiger partial charge in [-0.2, -0.15) is 9.40 Å². The molecular weight excluding hydrogens is 374 g/mol. The lowest BCUT2D eigenvalue weighted by Gasteiger charge is -2.29. The SMILES string of the molecule is Cc1cc(-c2ccc(=O)[nH]n2)cc(S(=O)(=O)N2CCc3ccccc3C2)c1C. The molecule has 7 heteroatoms. The second kappa shape index (κ2) is 7.00. The van der Waals surface area contributed by atoms with Crippen molar-refractivity contribution in [3.05, 3.63) is 81.1 Å². The summed E-state index contributed by atoms with van der Waals surface area (Å²) in [6.45, 7) is 4.54. The summed E-state index contributed by atoms with van der Waals surface area (Å²) >= 11 is 0. The Labute approximate surface area is 163 Å². The highest BCUT2D eigenvalue weighted by Crippen LogP contribution is 2.31. The highest BCUT2D eigenvalue weighted by atomic mass is 32.2. The van der Waals surface area contributed by atoms with E-state index in [1.807, 2.05) is 38.1 Å². The number of sulfonamides is 1. The van der Waals surface area contributed by atoms with Crippen LogP contribution in [0.2, 0.25) is 0 Å². The van der Waals surface area contributed by atoms with Crippen molar-refractivity contribution in [2.45, 2.75) is 31.7 Å². The molecule has 2 aromatic carbocycles. The molecule has 0 spiro atoms. The second-order valence-corrected chi connectivity index (χ2v) is 8.99. The molecule has 4 rings (SSSR count). The molecule has 144 valence electrons. The smallest absolute Gasteiger partial charge is 0.264 e. The summed E-state index contributed by atoms with van der Waals surface area (Å²) in [5.74, 6) is 0. The molecule has 0 saturated carbocycles. The maximum atomic E-state index is 13.5. The van der Waals surface area contributed by atoms with E-state index in [0.717, 1.165) is 16.7 Å². The normalized spacial score (nSPS) is 14.6. The Morgan fingerprint density at radius 3 is 2.50 bits per heavy atom. The number of H-pyrrole nitrogens is 1. The molecule has 1 N–H and O–H groups in total. The molecule has 3 aromatic rings. The summed E-state index contributed by atoms with van der Waals surface area (Å²) in [5, 5.41) is 6.44. The van der Waals surface area contributed by atoms with E-state index in [1.165, 1.54) is 11.6 Å². The van der Waals surface area contributed by atoms with Crippen molar-refractivity contribution in [1.82, 2.24) is 14.5 Å². The monoisotopic (exact) mass is 395 g/mol. The van der Waals surface area contributed by atoms with Crippen molar-refractivity contribution in [2.24, 2.45) is 0 Å². The minimum Gasteiger partial charge on any atom is -0.268 e. The summed E-state index contributed by atoms with van der Waals surface area (Å²) in [7, 11) is -3.66. The van der Waals surface area contributed by atoms with Crippen LogP contribution in [-0.2, 0) is 23.0 Å². The Morgan fingerprint density at radius 1 is 1.04 bits per heavy atom. The zero-order chi connectivity index (χ0) is 19.9. The second-order valence-electron chi connectivity index (χ2n) is 7.08. The molecular formula is C21H21N3O3S. The van der Waals surface area contributed by atoms with Gasteiger partial charge >= 0.3 is 0 Å². The first-order valence-electron chi connectivity index (χ1n) is 9.10. The number of rotatable bonds is 3. The van der Waals surface area contributed by atoms with E-state index in [9.17, 15) is 13.2 Å².